The van der Waals surface area contributed by atoms with Gasteiger partial charge in [-0.2, -0.15) is 0 Å². The summed E-state index contributed by atoms with van der Waals surface area (Å²) in [5.74, 6) is 0.920. The van der Waals surface area contributed by atoms with Crippen molar-refractivity contribution in [3.05, 3.63) is 0 Å². The molecule has 0 bridgehead atoms. The highest BCUT2D eigenvalue weighted by Gasteiger charge is 2.26. The Morgan fingerprint density at radius 2 is 2.10 bits per heavy atom. The Bertz CT molecular complexity index is 347. The van der Waals surface area contributed by atoms with E-state index in [1.165, 1.54) is 0 Å². The second-order valence-corrected chi connectivity index (χ2v) is 6.48. The zero-order valence-electron chi connectivity index (χ0n) is 13.5. The Morgan fingerprint density at radius 1 is 1.38 bits per heavy atom. The van der Waals surface area contributed by atoms with Gasteiger partial charge in [-0.3, -0.25) is 15.0 Å². The number of rotatable bonds is 6. The number of nitrogens with zero attached hydrogens (tertiary/aromatic N) is 1. The van der Waals surface area contributed by atoms with Crippen LogP contribution in [-0.2, 0) is 4.79 Å². The van der Waals surface area contributed by atoms with Gasteiger partial charge in [0.2, 0.25) is 5.91 Å². The number of carbonyl (C=O) groups is 2. The molecule has 1 rings (SSSR count). The van der Waals surface area contributed by atoms with Crippen molar-refractivity contribution in [2.24, 2.45) is 17.6 Å². The van der Waals surface area contributed by atoms with Gasteiger partial charge in [-0.05, 0) is 37.6 Å². The average Bonchev–Trinajstić information content (AvgIpc) is 2.40. The van der Waals surface area contributed by atoms with Gasteiger partial charge >= 0.3 is 6.03 Å². The van der Waals surface area contributed by atoms with Crippen LogP contribution in [0, 0.1) is 11.8 Å². The molecule has 0 aliphatic carbocycles. The van der Waals surface area contributed by atoms with Crippen molar-refractivity contribution in [3.63, 3.8) is 0 Å². The summed E-state index contributed by atoms with van der Waals surface area (Å²) >= 11 is 0. The molecule has 2 atom stereocenters. The summed E-state index contributed by atoms with van der Waals surface area (Å²) in [6.45, 7) is 8.64. The van der Waals surface area contributed by atoms with Crippen LogP contribution in [0.3, 0.4) is 0 Å². The SMILES string of the molecule is CC(C)CCNC(=O)NC(=O)CN1CCC(C)CC1CN. The minimum atomic E-state index is -0.407. The van der Waals surface area contributed by atoms with Gasteiger partial charge in [0.25, 0.3) is 0 Å². The van der Waals surface area contributed by atoms with E-state index in [0.717, 1.165) is 25.8 Å². The third-order valence-corrected chi connectivity index (χ3v) is 3.98. The van der Waals surface area contributed by atoms with Crippen molar-refractivity contribution >= 4 is 11.9 Å². The lowest BCUT2D eigenvalue weighted by atomic mass is 9.92. The summed E-state index contributed by atoms with van der Waals surface area (Å²) in [6, 6.07) is -0.168. The topological polar surface area (TPSA) is 87.5 Å². The van der Waals surface area contributed by atoms with Crippen molar-refractivity contribution in [1.82, 2.24) is 15.5 Å². The van der Waals surface area contributed by atoms with Crippen LogP contribution >= 0.6 is 0 Å². The van der Waals surface area contributed by atoms with Crippen molar-refractivity contribution in [2.45, 2.75) is 46.1 Å². The first-order valence-electron chi connectivity index (χ1n) is 7.94. The molecule has 0 aromatic rings. The lowest BCUT2D eigenvalue weighted by molar-refractivity contribution is -0.122. The third-order valence-electron chi connectivity index (χ3n) is 3.98. The summed E-state index contributed by atoms with van der Waals surface area (Å²) in [6.07, 6.45) is 3.00. The fourth-order valence-corrected chi connectivity index (χ4v) is 2.62. The molecular formula is C15H30N4O2. The van der Waals surface area contributed by atoms with E-state index in [-0.39, 0.29) is 18.5 Å². The van der Waals surface area contributed by atoms with Crippen LogP contribution in [0.15, 0.2) is 0 Å². The van der Waals surface area contributed by atoms with Crippen molar-refractivity contribution in [1.29, 1.82) is 0 Å². The highest BCUT2D eigenvalue weighted by Crippen LogP contribution is 2.21. The number of nitrogens with two attached hydrogens (primary N) is 1. The summed E-state index contributed by atoms with van der Waals surface area (Å²) in [7, 11) is 0. The molecule has 0 aromatic heterocycles. The number of likely N-dealkylation sites (tertiary alicyclic amines) is 1. The number of hydrogen-bond acceptors (Lipinski definition) is 4. The predicted molar refractivity (Wildman–Crippen MR) is 83.8 cm³/mol. The molecule has 0 spiro atoms. The van der Waals surface area contributed by atoms with E-state index in [4.69, 9.17) is 5.73 Å². The van der Waals surface area contributed by atoms with E-state index in [1.54, 1.807) is 0 Å². The van der Waals surface area contributed by atoms with Crippen molar-refractivity contribution in [3.8, 4) is 0 Å². The number of piperidine rings is 1. The Labute approximate surface area is 127 Å². The molecular weight excluding hydrogens is 268 g/mol. The van der Waals surface area contributed by atoms with Crippen LogP contribution in [0.5, 0.6) is 0 Å². The van der Waals surface area contributed by atoms with Crippen LogP contribution in [-0.4, -0.2) is 49.1 Å². The lowest BCUT2D eigenvalue weighted by Crippen LogP contribution is -2.51. The molecule has 4 N–H and O–H groups in total. The average molecular weight is 298 g/mol. The van der Waals surface area contributed by atoms with Gasteiger partial charge in [0.1, 0.15) is 0 Å². The maximum absolute atomic E-state index is 11.9. The zero-order chi connectivity index (χ0) is 15.8. The zero-order valence-corrected chi connectivity index (χ0v) is 13.5. The van der Waals surface area contributed by atoms with Gasteiger partial charge < -0.3 is 11.1 Å². The summed E-state index contributed by atoms with van der Waals surface area (Å²) in [5.41, 5.74) is 5.77. The number of nitrogens with one attached hydrogen (secondary N) is 2. The molecule has 21 heavy (non-hydrogen) atoms. The highest BCUT2D eigenvalue weighted by molar-refractivity contribution is 5.95. The summed E-state index contributed by atoms with van der Waals surface area (Å²) in [5, 5.41) is 5.09. The van der Waals surface area contributed by atoms with Crippen LogP contribution < -0.4 is 16.4 Å². The van der Waals surface area contributed by atoms with E-state index in [9.17, 15) is 9.59 Å². The molecule has 1 saturated heterocycles. The van der Waals surface area contributed by atoms with Gasteiger partial charge in [0.15, 0.2) is 0 Å². The predicted octanol–water partition coefficient (Wildman–Crippen LogP) is 0.918. The maximum atomic E-state index is 11.9. The molecule has 1 heterocycles. The molecule has 1 fully saturated rings. The van der Waals surface area contributed by atoms with Gasteiger partial charge in [0.05, 0.1) is 6.54 Å². The quantitative estimate of drug-likeness (QED) is 0.680. The van der Waals surface area contributed by atoms with Gasteiger partial charge in [-0.25, -0.2) is 4.79 Å². The molecule has 6 nitrogen and oxygen atoms in total. The Balaban J connectivity index is 2.30. The number of hydrogen-bond donors (Lipinski definition) is 3. The van der Waals surface area contributed by atoms with Gasteiger partial charge in [0, 0.05) is 19.1 Å². The molecule has 1 aliphatic rings. The van der Waals surface area contributed by atoms with E-state index < -0.39 is 6.03 Å². The fourth-order valence-electron chi connectivity index (χ4n) is 2.62. The normalized spacial score (nSPS) is 23.1. The van der Waals surface area contributed by atoms with E-state index in [2.05, 4.69) is 36.3 Å². The maximum Gasteiger partial charge on any atom is 0.321 e. The first-order chi connectivity index (χ1) is 9.92. The Morgan fingerprint density at radius 3 is 2.71 bits per heavy atom. The minimum Gasteiger partial charge on any atom is -0.338 e. The van der Waals surface area contributed by atoms with Crippen LogP contribution in [0.4, 0.5) is 4.79 Å². The smallest absolute Gasteiger partial charge is 0.321 e. The second-order valence-electron chi connectivity index (χ2n) is 6.48. The lowest BCUT2D eigenvalue weighted by Gasteiger charge is -2.37. The van der Waals surface area contributed by atoms with Crippen molar-refractivity contribution in [2.75, 3.05) is 26.2 Å². The number of amides is 3. The standard InChI is InChI=1S/C15H30N4O2/c1-11(2)4-6-17-15(21)18-14(20)10-19-7-5-12(3)8-13(19)9-16/h11-13H,4-10,16H2,1-3H3,(H2,17,18,20,21). The van der Waals surface area contributed by atoms with Crippen molar-refractivity contribution < 1.29 is 9.59 Å². The third kappa shape index (κ3) is 6.91. The van der Waals surface area contributed by atoms with Gasteiger partial charge in [-0.15, -0.1) is 0 Å². The monoisotopic (exact) mass is 298 g/mol. The summed E-state index contributed by atoms with van der Waals surface area (Å²) < 4.78 is 0. The van der Waals surface area contributed by atoms with Crippen LogP contribution in [0.1, 0.15) is 40.0 Å². The molecule has 0 radical (unpaired) electrons. The largest absolute Gasteiger partial charge is 0.338 e. The molecule has 2 unspecified atom stereocenters. The molecule has 0 aromatic carbocycles. The summed E-state index contributed by atoms with van der Waals surface area (Å²) in [4.78, 5) is 25.6. The molecule has 1 aliphatic heterocycles. The first-order valence-corrected chi connectivity index (χ1v) is 7.94. The van der Waals surface area contributed by atoms with Crippen LogP contribution in [0.25, 0.3) is 0 Å². The fraction of sp³-hybridized carbons (Fsp3) is 0.867. The molecule has 122 valence electrons. The molecule has 3 amide bonds. The van der Waals surface area contributed by atoms with Crippen LogP contribution in [0.2, 0.25) is 0 Å². The van der Waals surface area contributed by atoms with E-state index >= 15 is 0 Å². The highest BCUT2D eigenvalue weighted by atomic mass is 16.2. The number of urea groups is 1. The Hall–Kier alpha value is -1.14. The second kappa shape index (κ2) is 9.00. The molecule has 6 heteroatoms. The number of imide groups is 1. The Kier molecular flexibility index (Phi) is 7.67. The van der Waals surface area contributed by atoms with E-state index in [0.29, 0.717) is 24.9 Å². The number of carbonyl (C=O) groups excluding carboxylic acids is 2. The minimum absolute atomic E-state index is 0.239. The first kappa shape index (κ1) is 17.9. The van der Waals surface area contributed by atoms with E-state index in [1.807, 2.05) is 0 Å². The van der Waals surface area contributed by atoms with Gasteiger partial charge in [-0.1, -0.05) is 20.8 Å². The molecule has 0 saturated carbocycles.